The van der Waals surface area contributed by atoms with Gasteiger partial charge in [-0.2, -0.15) is 5.10 Å². The second kappa shape index (κ2) is 7.21. The number of hydrogen-bond donors (Lipinski definition) is 1. The molecule has 5 nitrogen and oxygen atoms in total. The topological polar surface area (TPSA) is 59.8 Å². The Morgan fingerprint density at radius 3 is 2.65 bits per heavy atom. The lowest BCUT2D eigenvalue weighted by molar-refractivity contribution is 0.102. The van der Waals surface area contributed by atoms with Crippen molar-refractivity contribution in [1.82, 2.24) is 14.8 Å². The van der Waals surface area contributed by atoms with E-state index in [4.69, 9.17) is 11.6 Å². The van der Waals surface area contributed by atoms with Gasteiger partial charge in [0.15, 0.2) is 5.13 Å². The van der Waals surface area contributed by atoms with Crippen molar-refractivity contribution in [2.45, 2.75) is 39.7 Å². The highest BCUT2D eigenvalue weighted by atomic mass is 35.5. The van der Waals surface area contributed by atoms with Crippen molar-refractivity contribution in [2.24, 2.45) is 0 Å². The number of aromatic nitrogens is 3. The first kappa shape index (κ1) is 18.6. The SMILES string of the molecule is Cc1c(C(=O)Nc2ncc(Cc3ccccc3Cl)s2)cnn1C(C)(C)C. The Bertz CT molecular complexity index is 939. The van der Waals surface area contributed by atoms with Crippen LogP contribution in [0.3, 0.4) is 0 Å². The molecule has 1 amide bonds. The van der Waals surface area contributed by atoms with Gasteiger partial charge in [0.25, 0.3) is 5.91 Å². The molecule has 3 rings (SSSR count). The van der Waals surface area contributed by atoms with Gasteiger partial charge in [-0.05, 0) is 39.3 Å². The van der Waals surface area contributed by atoms with E-state index in [9.17, 15) is 4.79 Å². The molecule has 0 spiro atoms. The monoisotopic (exact) mass is 388 g/mol. The zero-order valence-electron chi connectivity index (χ0n) is 15.2. The largest absolute Gasteiger partial charge is 0.298 e. The summed E-state index contributed by atoms with van der Waals surface area (Å²) in [7, 11) is 0. The van der Waals surface area contributed by atoms with Crippen molar-refractivity contribution in [2.75, 3.05) is 5.32 Å². The highest BCUT2D eigenvalue weighted by Crippen LogP contribution is 2.25. The van der Waals surface area contributed by atoms with E-state index in [1.54, 1.807) is 12.4 Å². The van der Waals surface area contributed by atoms with Crippen LogP contribution in [0.1, 0.15) is 47.3 Å². The molecule has 0 aliphatic carbocycles. The van der Waals surface area contributed by atoms with Crippen molar-refractivity contribution < 1.29 is 4.79 Å². The van der Waals surface area contributed by atoms with Crippen LogP contribution in [0, 0.1) is 6.92 Å². The molecule has 26 heavy (non-hydrogen) atoms. The first-order valence-electron chi connectivity index (χ1n) is 8.30. The highest BCUT2D eigenvalue weighted by molar-refractivity contribution is 7.15. The second-order valence-corrected chi connectivity index (χ2v) is 8.60. The fourth-order valence-corrected chi connectivity index (χ4v) is 3.78. The van der Waals surface area contributed by atoms with Crippen LogP contribution in [0.4, 0.5) is 5.13 Å². The molecular weight excluding hydrogens is 368 g/mol. The summed E-state index contributed by atoms with van der Waals surface area (Å²) >= 11 is 7.66. The van der Waals surface area contributed by atoms with Crippen LogP contribution in [0.15, 0.2) is 36.7 Å². The first-order valence-corrected chi connectivity index (χ1v) is 9.49. The van der Waals surface area contributed by atoms with E-state index in [-0.39, 0.29) is 11.4 Å². The van der Waals surface area contributed by atoms with Gasteiger partial charge in [-0.3, -0.25) is 14.8 Å². The standard InChI is InChI=1S/C19H21ClN4OS/c1-12-15(11-22-24(12)19(2,3)4)17(25)23-18-21-10-14(26-18)9-13-7-5-6-8-16(13)20/h5-8,10-11H,9H2,1-4H3,(H,21,23,25). The van der Waals surface area contributed by atoms with Crippen molar-refractivity contribution in [3.63, 3.8) is 0 Å². The number of rotatable bonds is 4. The Morgan fingerprint density at radius 1 is 1.27 bits per heavy atom. The summed E-state index contributed by atoms with van der Waals surface area (Å²) < 4.78 is 1.85. The van der Waals surface area contributed by atoms with Crippen LogP contribution in [-0.4, -0.2) is 20.7 Å². The lowest BCUT2D eigenvalue weighted by Gasteiger charge is -2.21. The molecule has 0 aliphatic rings. The zero-order chi connectivity index (χ0) is 18.9. The highest BCUT2D eigenvalue weighted by Gasteiger charge is 2.22. The Morgan fingerprint density at radius 2 is 2.00 bits per heavy atom. The minimum atomic E-state index is -0.198. The van der Waals surface area contributed by atoms with Crippen molar-refractivity contribution in [1.29, 1.82) is 0 Å². The Kier molecular flexibility index (Phi) is 5.16. The predicted molar refractivity (Wildman–Crippen MR) is 106 cm³/mol. The Labute approximate surface area is 162 Å². The van der Waals surface area contributed by atoms with E-state index in [1.165, 1.54) is 11.3 Å². The number of carbonyl (C=O) groups excluding carboxylic acids is 1. The first-order chi connectivity index (χ1) is 12.3. The maximum Gasteiger partial charge on any atom is 0.260 e. The molecule has 2 aromatic heterocycles. The minimum Gasteiger partial charge on any atom is -0.298 e. The smallest absolute Gasteiger partial charge is 0.260 e. The fraction of sp³-hybridized carbons (Fsp3) is 0.316. The lowest BCUT2D eigenvalue weighted by atomic mass is 10.1. The molecule has 0 unspecified atom stereocenters. The summed E-state index contributed by atoms with van der Waals surface area (Å²) in [5.41, 5.74) is 2.26. The molecule has 1 N–H and O–H groups in total. The van der Waals surface area contributed by atoms with E-state index in [1.807, 2.05) is 35.9 Å². The van der Waals surface area contributed by atoms with Gasteiger partial charge in [0.2, 0.25) is 0 Å². The van der Waals surface area contributed by atoms with E-state index in [0.717, 1.165) is 21.2 Å². The fourth-order valence-electron chi connectivity index (χ4n) is 2.75. The quantitative estimate of drug-likeness (QED) is 0.691. The van der Waals surface area contributed by atoms with Gasteiger partial charge in [-0.25, -0.2) is 4.98 Å². The van der Waals surface area contributed by atoms with Gasteiger partial charge in [-0.15, -0.1) is 11.3 Å². The van der Waals surface area contributed by atoms with Crippen LogP contribution in [0.5, 0.6) is 0 Å². The van der Waals surface area contributed by atoms with Crippen LogP contribution in [0.2, 0.25) is 5.02 Å². The summed E-state index contributed by atoms with van der Waals surface area (Å²) in [5.74, 6) is -0.198. The number of nitrogens with zero attached hydrogens (tertiary/aromatic N) is 3. The number of nitrogens with one attached hydrogen (secondary N) is 1. The van der Waals surface area contributed by atoms with Crippen LogP contribution < -0.4 is 5.32 Å². The van der Waals surface area contributed by atoms with Crippen molar-refractivity contribution >= 4 is 34.0 Å². The predicted octanol–water partition coefficient (Wildman–Crippen LogP) is 4.90. The number of carbonyl (C=O) groups is 1. The van der Waals surface area contributed by atoms with Gasteiger partial charge >= 0.3 is 0 Å². The normalized spacial score (nSPS) is 11.6. The number of benzene rings is 1. The summed E-state index contributed by atoms with van der Waals surface area (Å²) in [4.78, 5) is 17.9. The summed E-state index contributed by atoms with van der Waals surface area (Å²) in [5, 5.41) is 8.51. The number of hydrogen-bond acceptors (Lipinski definition) is 4. The molecule has 136 valence electrons. The minimum absolute atomic E-state index is 0.175. The van der Waals surface area contributed by atoms with Gasteiger partial charge in [0.1, 0.15) is 0 Å². The third-order valence-corrected chi connectivity index (χ3v) is 5.27. The molecule has 2 heterocycles. The molecule has 0 saturated heterocycles. The molecular formula is C19H21ClN4OS. The number of thiazole rings is 1. The van der Waals surface area contributed by atoms with Gasteiger partial charge in [0, 0.05) is 28.2 Å². The van der Waals surface area contributed by atoms with E-state index >= 15 is 0 Å². The molecule has 0 atom stereocenters. The van der Waals surface area contributed by atoms with Gasteiger partial charge in [-0.1, -0.05) is 29.8 Å². The van der Waals surface area contributed by atoms with E-state index in [2.05, 4.69) is 36.2 Å². The van der Waals surface area contributed by atoms with Crippen LogP contribution >= 0.6 is 22.9 Å². The molecule has 3 aromatic rings. The van der Waals surface area contributed by atoms with Crippen molar-refractivity contribution in [3.8, 4) is 0 Å². The number of amides is 1. The molecule has 0 bridgehead atoms. The maximum atomic E-state index is 12.6. The molecule has 1 aromatic carbocycles. The molecule has 0 radical (unpaired) electrons. The Hall–Kier alpha value is -2.18. The third-order valence-electron chi connectivity index (χ3n) is 3.99. The zero-order valence-corrected chi connectivity index (χ0v) is 16.8. The third kappa shape index (κ3) is 3.97. The maximum absolute atomic E-state index is 12.6. The summed E-state index contributed by atoms with van der Waals surface area (Å²) in [6.45, 7) is 8.06. The molecule has 0 saturated carbocycles. The summed E-state index contributed by atoms with van der Waals surface area (Å²) in [6, 6.07) is 7.73. The van der Waals surface area contributed by atoms with Crippen molar-refractivity contribution in [3.05, 3.63) is 63.4 Å². The van der Waals surface area contributed by atoms with Crippen LogP contribution in [-0.2, 0) is 12.0 Å². The van der Waals surface area contributed by atoms with Gasteiger partial charge < -0.3 is 0 Å². The summed E-state index contributed by atoms with van der Waals surface area (Å²) in [6.07, 6.45) is 4.07. The molecule has 7 heteroatoms. The lowest BCUT2D eigenvalue weighted by Crippen LogP contribution is -2.25. The van der Waals surface area contributed by atoms with Crippen LogP contribution in [0.25, 0.3) is 0 Å². The average Bonchev–Trinajstić information content (AvgIpc) is 3.15. The number of halogens is 1. The Balaban J connectivity index is 1.72. The molecule has 0 fully saturated rings. The van der Waals surface area contributed by atoms with E-state index < -0.39 is 0 Å². The number of anilines is 1. The van der Waals surface area contributed by atoms with Gasteiger partial charge in [0.05, 0.1) is 17.3 Å². The molecule has 0 aliphatic heterocycles. The average molecular weight is 389 g/mol. The second-order valence-electron chi connectivity index (χ2n) is 7.08. The van der Waals surface area contributed by atoms with E-state index in [0.29, 0.717) is 17.1 Å².